The van der Waals surface area contributed by atoms with Crippen molar-refractivity contribution in [3.05, 3.63) is 99.8 Å². The van der Waals surface area contributed by atoms with E-state index in [4.69, 9.17) is 32.7 Å². The van der Waals surface area contributed by atoms with E-state index >= 15 is 0 Å². The number of methoxy groups -OCH3 is 2. The van der Waals surface area contributed by atoms with E-state index in [1.54, 1.807) is 55.3 Å². The van der Waals surface area contributed by atoms with Gasteiger partial charge in [-0.05, 0) is 60.2 Å². The molecule has 0 radical (unpaired) electrons. The number of nitrogens with one attached hydrogen (secondary N) is 1. The van der Waals surface area contributed by atoms with Crippen LogP contribution in [0.15, 0.2) is 66.9 Å². The second-order valence-electron chi connectivity index (χ2n) is 8.56. The number of rotatable bonds is 7. The summed E-state index contributed by atoms with van der Waals surface area (Å²) in [6, 6.07) is 16.3. The molecule has 0 aliphatic rings. The first-order valence-corrected chi connectivity index (χ1v) is 11.7. The van der Waals surface area contributed by atoms with E-state index < -0.39 is 11.3 Å². The standard InChI is InChI=1S/C27H24Cl2FN3O3/c1-27(2,16-5-12-22(35-3)23(13-16)36-4)24-15-31-25(33(24)19-9-6-17(30)7-10-19)26(34)32-18-8-11-20(28)21(29)14-18/h5-15H,1-4H3,(H,32,34). The summed E-state index contributed by atoms with van der Waals surface area (Å²) in [5.74, 6) is 0.448. The molecule has 186 valence electrons. The number of halogens is 3. The maximum absolute atomic E-state index is 13.7. The van der Waals surface area contributed by atoms with Gasteiger partial charge >= 0.3 is 0 Å². The number of ether oxygens (including phenoxy) is 2. The molecule has 9 heteroatoms. The minimum absolute atomic E-state index is 0.122. The topological polar surface area (TPSA) is 65.4 Å². The lowest BCUT2D eigenvalue weighted by atomic mass is 9.81. The zero-order chi connectivity index (χ0) is 26.0. The number of carbonyl (C=O) groups is 1. The van der Waals surface area contributed by atoms with E-state index in [-0.39, 0.29) is 11.6 Å². The lowest BCUT2D eigenvalue weighted by Gasteiger charge is -2.28. The van der Waals surface area contributed by atoms with Gasteiger partial charge in [-0.1, -0.05) is 43.1 Å². The highest BCUT2D eigenvalue weighted by molar-refractivity contribution is 6.42. The molecule has 6 nitrogen and oxygen atoms in total. The number of amides is 1. The van der Waals surface area contributed by atoms with E-state index in [1.807, 2.05) is 32.0 Å². The van der Waals surface area contributed by atoms with Gasteiger partial charge in [0.1, 0.15) is 5.82 Å². The third kappa shape index (κ3) is 4.90. The van der Waals surface area contributed by atoms with Crippen LogP contribution in [0.2, 0.25) is 10.0 Å². The van der Waals surface area contributed by atoms with Crippen molar-refractivity contribution in [1.82, 2.24) is 9.55 Å². The summed E-state index contributed by atoms with van der Waals surface area (Å²) in [6.45, 7) is 4.01. The number of nitrogens with zero attached hydrogens (tertiary/aromatic N) is 2. The van der Waals surface area contributed by atoms with Crippen LogP contribution in [0.5, 0.6) is 11.5 Å². The van der Waals surface area contributed by atoms with E-state index in [0.717, 1.165) is 5.56 Å². The first-order valence-electron chi connectivity index (χ1n) is 11.0. The average Bonchev–Trinajstić information content (AvgIpc) is 3.32. The predicted octanol–water partition coefficient (Wildman–Crippen LogP) is 6.91. The third-order valence-electron chi connectivity index (χ3n) is 5.97. The zero-order valence-electron chi connectivity index (χ0n) is 20.1. The van der Waals surface area contributed by atoms with Gasteiger partial charge < -0.3 is 14.8 Å². The minimum Gasteiger partial charge on any atom is -0.493 e. The van der Waals surface area contributed by atoms with Crippen LogP contribution in [0.25, 0.3) is 5.69 Å². The second kappa shape index (κ2) is 10.2. The maximum atomic E-state index is 13.7. The molecule has 0 spiro atoms. The van der Waals surface area contributed by atoms with Crippen molar-refractivity contribution < 1.29 is 18.7 Å². The Hall–Kier alpha value is -3.55. The first kappa shape index (κ1) is 25.5. The van der Waals surface area contributed by atoms with Crippen LogP contribution in [0.1, 0.15) is 35.7 Å². The molecule has 0 unspecified atom stereocenters. The van der Waals surface area contributed by atoms with Gasteiger partial charge in [-0.15, -0.1) is 0 Å². The van der Waals surface area contributed by atoms with Crippen molar-refractivity contribution in [2.75, 3.05) is 19.5 Å². The van der Waals surface area contributed by atoms with Crippen LogP contribution in [0.3, 0.4) is 0 Å². The Morgan fingerprint density at radius 1 is 0.944 bits per heavy atom. The molecule has 0 saturated carbocycles. The molecule has 0 saturated heterocycles. The SMILES string of the molecule is COc1ccc(C(C)(C)c2cnc(C(=O)Nc3ccc(Cl)c(Cl)c3)n2-c2ccc(F)cc2)cc1OC. The van der Waals surface area contributed by atoms with Crippen LogP contribution < -0.4 is 14.8 Å². The Balaban J connectivity index is 1.83. The molecule has 4 rings (SSSR count). The molecule has 36 heavy (non-hydrogen) atoms. The zero-order valence-corrected chi connectivity index (χ0v) is 21.6. The van der Waals surface area contributed by atoms with Gasteiger partial charge in [0, 0.05) is 16.8 Å². The molecule has 1 amide bonds. The van der Waals surface area contributed by atoms with Crippen molar-refractivity contribution in [3.8, 4) is 17.2 Å². The lowest BCUT2D eigenvalue weighted by molar-refractivity contribution is 0.101. The predicted molar refractivity (Wildman–Crippen MR) is 140 cm³/mol. The minimum atomic E-state index is -0.636. The van der Waals surface area contributed by atoms with Crippen molar-refractivity contribution >= 4 is 34.8 Å². The summed E-state index contributed by atoms with van der Waals surface area (Å²) in [4.78, 5) is 17.8. The number of hydrogen-bond acceptors (Lipinski definition) is 4. The van der Waals surface area contributed by atoms with E-state index in [1.165, 1.54) is 12.1 Å². The number of hydrogen-bond donors (Lipinski definition) is 1. The highest BCUT2D eigenvalue weighted by Crippen LogP contribution is 2.38. The normalized spacial score (nSPS) is 11.3. The van der Waals surface area contributed by atoms with Gasteiger partial charge in [0.2, 0.25) is 5.82 Å². The molecular weight excluding hydrogens is 504 g/mol. The number of carbonyl (C=O) groups excluding carboxylic acids is 1. The molecule has 1 heterocycles. The average molecular weight is 528 g/mol. The molecule has 0 aliphatic heterocycles. The van der Waals surface area contributed by atoms with E-state index in [9.17, 15) is 9.18 Å². The fraction of sp³-hybridized carbons (Fsp3) is 0.185. The number of anilines is 1. The Morgan fingerprint density at radius 3 is 2.28 bits per heavy atom. The Kier molecular flexibility index (Phi) is 7.24. The van der Waals surface area contributed by atoms with Crippen LogP contribution in [0.4, 0.5) is 10.1 Å². The third-order valence-corrected chi connectivity index (χ3v) is 6.71. The largest absolute Gasteiger partial charge is 0.493 e. The summed E-state index contributed by atoms with van der Waals surface area (Å²) in [6.07, 6.45) is 1.64. The molecular formula is C27H24Cl2FN3O3. The van der Waals surface area contributed by atoms with Gasteiger partial charge in [-0.2, -0.15) is 0 Å². The highest BCUT2D eigenvalue weighted by atomic mass is 35.5. The van der Waals surface area contributed by atoms with Crippen LogP contribution >= 0.6 is 23.2 Å². The smallest absolute Gasteiger partial charge is 0.292 e. The Bertz CT molecular complexity index is 1420. The summed E-state index contributed by atoms with van der Waals surface area (Å²) in [7, 11) is 3.15. The number of imidazole rings is 1. The fourth-order valence-electron chi connectivity index (χ4n) is 3.94. The molecule has 4 aromatic rings. The van der Waals surface area contributed by atoms with Crippen molar-refractivity contribution in [2.45, 2.75) is 19.3 Å². The molecule has 0 fully saturated rings. The van der Waals surface area contributed by atoms with Gasteiger partial charge in [-0.3, -0.25) is 9.36 Å². The summed E-state index contributed by atoms with van der Waals surface area (Å²) in [5, 5.41) is 3.50. The monoisotopic (exact) mass is 527 g/mol. The summed E-state index contributed by atoms with van der Waals surface area (Å²) < 4.78 is 26.3. The van der Waals surface area contributed by atoms with Crippen molar-refractivity contribution in [2.24, 2.45) is 0 Å². The first-order chi connectivity index (χ1) is 17.1. The molecule has 0 bridgehead atoms. The maximum Gasteiger partial charge on any atom is 0.292 e. The Morgan fingerprint density at radius 2 is 1.64 bits per heavy atom. The molecule has 0 aliphatic carbocycles. The quantitative estimate of drug-likeness (QED) is 0.283. The molecule has 1 N–H and O–H groups in total. The van der Waals surface area contributed by atoms with Gasteiger partial charge in [0.15, 0.2) is 11.5 Å². The van der Waals surface area contributed by atoms with Crippen LogP contribution in [0, 0.1) is 5.82 Å². The summed E-state index contributed by atoms with van der Waals surface area (Å²) >= 11 is 12.1. The molecule has 1 aromatic heterocycles. The second-order valence-corrected chi connectivity index (χ2v) is 9.37. The lowest BCUT2D eigenvalue weighted by Crippen LogP contribution is -2.25. The molecule has 3 aromatic carbocycles. The fourth-order valence-corrected chi connectivity index (χ4v) is 4.24. The van der Waals surface area contributed by atoms with E-state index in [2.05, 4.69) is 10.3 Å². The number of aromatic nitrogens is 2. The van der Waals surface area contributed by atoms with Gasteiger partial charge in [0.05, 0.1) is 36.2 Å². The number of benzene rings is 3. The Labute approximate surface area is 218 Å². The summed E-state index contributed by atoms with van der Waals surface area (Å²) in [5.41, 5.74) is 2.02. The van der Waals surface area contributed by atoms with Gasteiger partial charge in [-0.25, -0.2) is 9.37 Å². The van der Waals surface area contributed by atoms with Crippen molar-refractivity contribution in [3.63, 3.8) is 0 Å². The van der Waals surface area contributed by atoms with Crippen LogP contribution in [-0.2, 0) is 5.41 Å². The van der Waals surface area contributed by atoms with Crippen LogP contribution in [-0.4, -0.2) is 29.7 Å². The van der Waals surface area contributed by atoms with E-state index in [0.29, 0.717) is 38.6 Å². The molecule has 0 atom stereocenters. The van der Waals surface area contributed by atoms with Gasteiger partial charge in [0.25, 0.3) is 5.91 Å². The highest BCUT2D eigenvalue weighted by Gasteiger charge is 2.32. The van der Waals surface area contributed by atoms with Crippen molar-refractivity contribution in [1.29, 1.82) is 0 Å².